The maximum absolute atomic E-state index is 9.16. The maximum Gasteiger partial charge on any atom is 0.226 e. The van der Waals surface area contributed by atoms with E-state index in [9.17, 15) is 0 Å². The third-order valence-corrected chi connectivity index (χ3v) is 2.68. The van der Waals surface area contributed by atoms with Crippen LogP contribution >= 0.6 is 15.9 Å². The van der Waals surface area contributed by atoms with Crippen LogP contribution < -0.4 is 0 Å². The monoisotopic (exact) mass is 312 g/mol. The van der Waals surface area contributed by atoms with Crippen molar-refractivity contribution in [3.8, 4) is 17.1 Å². The van der Waals surface area contributed by atoms with Crippen LogP contribution in [-0.4, -0.2) is 20.6 Å². The minimum Gasteiger partial charge on any atom is -0.508 e. The largest absolute Gasteiger partial charge is 0.508 e. The molecule has 4 nitrogen and oxygen atoms in total. The summed E-state index contributed by atoms with van der Waals surface area (Å²) in [6.45, 7) is 4.00. The average molecular weight is 313 g/mol. The first-order valence-corrected chi connectivity index (χ1v) is 7.09. The van der Waals surface area contributed by atoms with E-state index in [1.807, 2.05) is 13.8 Å². The number of hydrogen-bond donors (Lipinski definition) is 1. The van der Waals surface area contributed by atoms with Gasteiger partial charge in [0, 0.05) is 17.3 Å². The first-order chi connectivity index (χ1) is 8.79. The molecule has 0 atom stereocenters. The number of hydrogen-bond acceptors (Lipinski definition) is 4. The van der Waals surface area contributed by atoms with E-state index in [4.69, 9.17) is 9.63 Å². The van der Waals surface area contributed by atoms with Crippen LogP contribution in [-0.2, 0) is 6.42 Å². The van der Waals surface area contributed by atoms with E-state index >= 15 is 0 Å². The lowest BCUT2D eigenvalue weighted by Crippen LogP contribution is -1.86. The number of phenolic OH excluding ortho intramolecular Hbond substituents is 1. The van der Waals surface area contributed by atoms with Gasteiger partial charge in [-0.15, -0.1) is 0 Å². The Morgan fingerprint density at radius 2 is 1.89 bits per heavy atom. The molecule has 0 radical (unpaired) electrons. The Balaban J connectivity index is 0.000000771. The molecular weight excluding hydrogens is 296 g/mol. The highest BCUT2D eigenvalue weighted by molar-refractivity contribution is 9.09. The fraction of sp³-hybridized carbons (Fsp3) is 0.385. The molecular formula is C13H17BrN2O2. The van der Waals surface area contributed by atoms with Gasteiger partial charge in [0.15, 0.2) is 0 Å². The van der Waals surface area contributed by atoms with Gasteiger partial charge in [-0.2, -0.15) is 4.98 Å². The lowest BCUT2D eigenvalue weighted by Gasteiger charge is -1.93. The van der Waals surface area contributed by atoms with Gasteiger partial charge in [0.25, 0.3) is 0 Å². The van der Waals surface area contributed by atoms with Gasteiger partial charge in [0.1, 0.15) is 5.75 Å². The summed E-state index contributed by atoms with van der Waals surface area (Å²) in [5.74, 6) is 1.43. The Labute approximate surface area is 115 Å². The van der Waals surface area contributed by atoms with Crippen LogP contribution in [0.15, 0.2) is 28.8 Å². The molecule has 2 aromatic rings. The van der Waals surface area contributed by atoms with Crippen molar-refractivity contribution < 1.29 is 9.63 Å². The Hall–Kier alpha value is -1.36. The number of alkyl halides is 1. The fourth-order valence-electron chi connectivity index (χ4n) is 1.30. The van der Waals surface area contributed by atoms with Crippen molar-refractivity contribution in [1.29, 1.82) is 0 Å². The molecule has 0 aliphatic carbocycles. The molecule has 0 saturated heterocycles. The molecule has 1 heterocycles. The first-order valence-electron chi connectivity index (χ1n) is 5.97. The highest BCUT2D eigenvalue weighted by Gasteiger charge is 2.07. The normalized spacial score (nSPS) is 9.72. The molecule has 0 aliphatic heterocycles. The minimum absolute atomic E-state index is 0.228. The molecule has 5 heteroatoms. The van der Waals surface area contributed by atoms with E-state index in [1.54, 1.807) is 24.3 Å². The second kappa shape index (κ2) is 7.87. The molecule has 1 aromatic heterocycles. The van der Waals surface area contributed by atoms with Gasteiger partial charge in [-0.25, -0.2) is 0 Å². The molecule has 2 rings (SSSR count). The van der Waals surface area contributed by atoms with Crippen molar-refractivity contribution >= 4 is 15.9 Å². The highest BCUT2D eigenvalue weighted by atomic mass is 79.9. The van der Waals surface area contributed by atoms with E-state index in [-0.39, 0.29) is 5.75 Å². The van der Waals surface area contributed by atoms with E-state index in [0.717, 1.165) is 23.7 Å². The maximum atomic E-state index is 9.16. The van der Waals surface area contributed by atoms with Crippen molar-refractivity contribution in [1.82, 2.24) is 10.1 Å². The molecule has 0 unspecified atom stereocenters. The zero-order chi connectivity index (χ0) is 13.4. The predicted octanol–water partition coefficient (Wildman–Crippen LogP) is 3.80. The average Bonchev–Trinajstić information content (AvgIpc) is 2.88. The summed E-state index contributed by atoms with van der Waals surface area (Å²) in [5, 5.41) is 14.0. The standard InChI is InChI=1S/C11H11BrN2O2.C2H6/c12-7-1-2-10-13-11(14-16-10)8-3-5-9(15)6-4-8;1-2/h3-6,15H,1-2,7H2;1-2H3. The van der Waals surface area contributed by atoms with E-state index < -0.39 is 0 Å². The summed E-state index contributed by atoms with van der Waals surface area (Å²) in [6, 6.07) is 6.72. The second-order valence-electron chi connectivity index (χ2n) is 3.35. The molecule has 0 aliphatic rings. The molecule has 1 aromatic carbocycles. The topological polar surface area (TPSA) is 59.2 Å². The third-order valence-electron chi connectivity index (χ3n) is 2.12. The minimum atomic E-state index is 0.228. The number of aromatic nitrogens is 2. The number of aryl methyl sites for hydroxylation is 1. The van der Waals surface area contributed by atoms with Gasteiger partial charge in [-0.3, -0.25) is 0 Å². The zero-order valence-corrected chi connectivity index (χ0v) is 12.1. The smallest absolute Gasteiger partial charge is 0.226 e. The van der Waals surface area contributed by atoms with Crippen molar-refractivity contribution in [3.05, 3.63) is 30.2 Å². The molecule has 18 heavy (non-hydrogen) atoms. The molecule has 98 valence electrons. The number of halogens is 1. The summed E-state index contributed by atoms with van der Waals surface area (Å²) in [7, 11) is 0. The first kappa shape index (κ1) is 14.7. The third kappa shape index (κ3) is 4.14. The van der Waals surface area contributed by atoms with Crippen LogP contribution in [0.4, 0.5) is 0 Å². The summed E-state index contributed by atoms with van der Waals surface area (Å²) in [6.07, 6.45) is 1.74. The quantitative estimate of drug-likeness (QED) is 0.872. The van der Waals surface area contributed by atoms with Crippen molar-refractivity contribution in [2.75, 3.05) is 5.33 Å². The number of nitrogens with zero attached hydrogens (tertiary/aromatic N) is 2. The van der Waals surface area contributed by atoms with Crippen LogP contribution in [0.25, 0.3) is 11.4 Å². The summed E-state index contributed by atoms with van der Waals surface area (Å²) in [4.78, 5) is 4.27. The Kier molecular flexibility index (Phi) is 6.43. The highest BCUT2D eigenvalue weighted by Crippen LogP contribution is 2.19. The summed E-state index contributed by atoms with van der Waals surface area (Å²) in [5.41, 5.74) is 0.839. The van der Waals surface area contributed by atoms with Gasteiger partial charge in [-0.05, 0) is 30.7 Å². The van der Waals surface area contributed by atoms with Gasteiger partial charge >= 0.3 is 0 Å². The van der Waals surface area contributed by atoms with Gasteiger partial charge in [0.05, 0.1) is 0 Å². The Morgan fingerprint density at radius 1 is 1.22 bits per heavy atom. The summed E-state index contributed by atoms with van der Waals surface area (Å²) >= 11 is 3.35. The molecule has 0 saturated carbocycles. The fourth-order valence-corrected chi connectivity index (χ4v) is 1.58. The van der Waals surface area contributed by atoms with Crippen LogP contribution in [0.2, 0.25) is 0 Å². The number of rotatable bonds is 4. The van der Waals surface area contributed by atoms with E-state index in [0.29, 0.717) is 11.7 Å². The van der Waals surface area contributed by atoms with Crippen molar-refractivity contribution in [2.24, 2.45) is 0 Å². The lowest BCUT2D eigenvalue weighted by molar-refractivity contribution is 0.378. The van der Waals surface area contributed by atoms with Crippen molar-refractivity contribution in [3.63, 3.8) is 0 Å². The van der Waals surface area contributed by atoms with Gasteiger partial charge in [0.2, 0.25) is 11.7 Å². The number of aromatic hydroxyl groups is 1. The van der Waals surface area contributed by atoms with E-state index in [2.05, 4.69) is 26.1 Å². The van der Waals surface area contributed by atoms with Gasteiger partial charge < -0.3 is 9.63 Å². The Morgan fingerprint density at radius 3 is 2.50 bits per heavy atom. The van der Waals surface area contributed by atoms with Gasteiger partial charge in [-0.1, -0.05) is 34.9 Å². The molecule has 1 N–H and O–H groups in total. The predicted molar refractivity (Wildman–Crippen MR) is 74.9 cm³/mol. The van der Waals surface area contributed by atoms with E-state index in [1.165, 1.54) is 0 Å². The Bertz CT molecular complexity index is 454. The molecule has 0 spiro atoms. The second-order valence-corrected chi connectivity index (χ2v) is 4.14. The zero-order valence-electron chi connectivity index (χ0n) is 10.6. The molecule has 0 bridgehead atoms. The number of benzene rings is 1. The summed E-state index contributed by atoms with van der Waals surface area (Å²) < 4.78 is 5.11. The van der Waals surface area contributed by atoms with Crippen LogP contribution in [0, 0.1) is 0 Å². The molecule has 0 fully saturated rings. The SMILES string of the molecule is CC.Oc1ccc(-c2noc(CCCBr)n2)cc1. The van der Waals surface area contributed by atoms with Crippen LogP contribution in [0.1, 0.15) is 26.2 Å². The van der Waals surface area contributed by atoms with Crippen LogP contribution in [0.3, 0.4) is 0 Å². The molecule has 0 amide bonds. The number of phenols is 1. The van der Waals surface area contributed by atoms with Crippen molar-refractivity contribution in [2.45, 2.75) is 26.7 Å². The lowest BCUT2D eigenvalue weighted by atomic mass is 10.2. The van der Waals surface area contributed by atoms with Crippen LogP contribution in [0.5, 0.6) is 5.75 Å².